The fraction of sp³-hybridized carbons (Fsp3) is 0.381. The van der Waals surface area contributed by atoms with Gasteiger partial charge in [-0.05, 0) is 42.4 Å². The summed E-state index contributed by atoms with van der Waals surface area (Å²) in [5.74, 6) is 0.626. The van der Waals surface area contributed by atoms with Gasteiger partial charge in [0.25, 0.3) is 0 Å². The summed E-state index contributed by atoms with van der Waals surface area (Å²) in [4.78, 5) is 14.5. The summed E-state index contributed by atoms with van der Waals surface area (Å²) in [5.41, 5.74) is 1.98. The average Bonchev–Trinajstić information content (AvgIpc) is 3.15. The number of rotatable bonds is 4. The number of nitrogens with zero attached hydrogens (tertiary/aromatic N) is 1. The third-order valence-electron chi connectivity index (χ3n) is 5.54. The largest absolute Gasteiger partial charge is 0.497 e. The molecule has 0 aliphatic carbocycles. The van der Waals surface area contributed by atoms with Crippen LogP contribution in [-0.4, -0.2) is 50.0 Å². The molecule has 0 bridgehead atoms. The molecule has 1 N–H and O–H groups in total. The van der Waals surface area contributed by atoms with E-state index in [4.69, 9.17) is 14.2 Å². The van der Waals surface area contributed by atoms with Crippen molar-refractivity contribution >= 4 is 5.97 Å². The first-order valence-electron chi connectivity index (χ1n) is 9.01. The number of benzene rings is 2. The minimum Gasteiger partial charge on any atom is -0.497 e. The summed E-state index contributed by atoms with van der Waals surface area (Å²) in [6.07, 6.45) is 0. The molecule has 142 valence electrons. The van der Waals surface area contributed by atoms with E-state index in [1.165, 1.54) is 0 Å². The molecule has 4 rings (SSSR count). The molecule has 2 aliphatic heterocycles. The highest BCUT2D eigenvalue weighted by molar-refractivity contribution is 5.73. The van der Waals surface area contributed by atoms with Crippen LogP contribution >= 0.6 is 0 Å². The highest BCUT2D eigenvalue weighted by Gasteiger charge is 2.42. The van der Waals surface area contributed by atoms with Crippen molar-refractivity contribution in [2.24, 2.45) is 5.92 Å². The molecular formula is C21H23NO5. The van der Waals surface area contributed by atoms with E-state index in [2.05, 4.69) is 4.90 Å². The van der Waals surface area contributed by atoms with E-state index in [-0.39, 0.29) is 18.6 Å². The summed E-state index contributed by atoms with van der Waals surface area (Å²) in [5, 5.41) is 10.1. The number of carboxylic acid groups (broad SMARTS) is 1. The van der Waals surface area contributed by atoms with Crippen molar-refractivity contribution in [1.82, 2.24) is 4.90 Å². The van der Waals surface area contributed by atoms with Crippen molar-refractivity contribution in [2.45, 2.75) is 11.8 Å². The van der Waals surface area contributed by atoms with E-state index in [1.807, 2.05) is 49.5 Å². The number of likely N-dealkylation sites (tertiary alicyclic amines) is 1. The minimum atomic E-state index is -0.772. The van der Waals surface area contributed by atoms with Crippen LogP contribution in [0.25, 0.3) is 0 Å². The Morgan fingerprint density at radius 1 is 1.04 bits per heavy atom. The molecule has 2 aromatic rings. The van der Waals surface area contributed by atoms with Crippen LogP contribution in [0.2, 0.25) is 0 Å². The number of hydrogen-bond donors (Lipinski definition) is 1. The molecule has 2 unspecified atom stereocenters. The normalized spacial score (nSPS) is 24.6. The number of aliphatic carboxylic acids is 1. The number of likely N-dealkylation sites (N-methyl/N-ethyl adjacent to an activating group) is 1. The van der Waals surface area contributed by atoms with Crippen LogP contribution < -0.4 is 14.2 Å². The molecule has 27 heavy (non-hydrogen) atoms. The lowest BCUT2D eigenvalue weighted by Gasteiger charge is -2.41. The SMILES string of the molecule is COc1ccc(C2CN(C)CC(c3ccc4c(c3)OCO4)[C@@H]2C(=O)O)cc1. The van der Waals surface area contributed by atoms with Crippen LogP contribution in [0.5, 0.6) is 17.2 Å². The summed E-state index contributed by atoms with van der Waals surface area (Å²) in [6.45, 7) is 1.59. The number of hydrogen-bond acceptors (Lipinski definition) is 5. The number of fused-ring (bicyclic) bond motifs is 1. The zero-order valence-corrected chi connectivity index (χ0v) is 15.4. The molecular weight excluding hydrogens is 346 g/mol. The zero-order chi connectivity index (χ0) is 19.0. The van der Waals surface area contributed by atoms with E-state index in [0.29, 0.717) is 24.6 Å². The highest BCUT2D eigenvalue weighted by atomic mass is 16.7. The molecule has 0 radical (unpaired) electrons. The molecule has 2 aromatic carbocycles. The van der Waals surface area contributed by atoms with Crippen molar-refractivity contribution in [3.8, 4) is 17.2 Å². The maximum atomic E-state index is 12.3. The topological polar surface area (TPSA) is 68.2 Å². The van der Waals surface area contributed by atoms with Crippen molar-refractivity contribution in [3.63, 3.8) is 0 Å². The van der Waals surface area contributed by atoms with Crippen LogP contribution in [0, 0.1) is 5.92 Å². The highest BCUT2D eigenvalue weighted by Crippen LogP contribution is 2.44. The second-order valence-electron chi connectivity index (χ2n) is 7.18. The van der Waals surface area contributed by atoms with Crippen molar-refractivity contribution in [2.75, 3.05) is 34.0 Å². The summed E-state index contributed by atoms with van der Waals surface area (Å²) < 4.78 is 16.1. The van der Waals surface area contributed by atoms with Gasteiger partial charge in [0, 0.05) is 24.9 Å². The molecule has 0 aromatic heterocycles. The van der Waals surface area contributed by atoms with Gasteiger partial charge in [-0.15, -0.1) is 0 Å². The Hall–Kier alpha value is -2.73. The monoisotopic (exact) mass is 369 g/mol. The van der Waals surface area contributed by atoms with Crippen molar-refractivity contribution in [1.29, 1.82) is 0 Å². The third kappa shape index (κ3) is 3.32. The van der Waals surface area contributed by atoms with E-state index in [1.54, 1.807) is 7.11 Å². The molecule has 0 saturated carbocycles. The van der Waals surface area contributed by atoms with Crippen molar-refractivity contribution in [3.05, 3.63) is 53.6 Å². The first-order valence-corrected chi connectivity index (χ1v) is 9.01. The van der Waals surface area contributed by atoms with Crippen LogP contribution in [0.3, 0.4) is 0 Å². The molecule has 0 amide bonds. The number of carbonyl (C=O) groups is 1. The smallest absolute Gasteiger partial charge is 0.307 e. The Bertz CT molecular complexity index is 835. The minimum absolute atomic E-state index is 0.109. The summed E-state index contributed by atoms with van der Waals surface area (Å²) in [7, 11) is 3.66. The number of carboxylic acids is 1. The van der Waals surface area contributed by atoms with E-state index in [9.17, 15) is 9.90 Å². The van der Waals surface area contributed by atoms with Gasteiger partial charge in [0.2, 0.25) is 6.79 Å². The van der Waals surface area contributed by atoms with Gasteiger partial charge in [-0.1, -0.05) is 18.2 Å². The van der Waals surface area contributed by atoms with Gasteiger partial charge in [-0.25, -0.2) is 0 Å². The second kappa shape index (κ2) is 7.12. The molecule has 1 fully saturated rings. The maximum absolute atomic E-state index is 12.3. The second-order valence-corrected chi connectivity index (χ2v) is 7.18. The van der Waals surface area contributed by atoms with Crippen LogP contribution in [0.1, 0.15) is 23.0 Å². The maximum Gasteiger partial charge on any atom is 0.307 e. The lowest BCUT2D eigenvalue weighted by molar-refractivity contribution is -0.145. The standard InChI is InChI=1S/C21H23NO5/c1-22-10-16(13-3-6-15(25-2)7-4-13)20(21(23)24)17(11-22)14-5-8-18-19(9-14)27-12-26-18/h3-9,16-17,20H,10-12H2,1-2H3,(H,23,24)/t16?,17?,20-/m1/s1. The van der Waals surface area contributed by atoms with Gasteiger partial charge in [-0.2, -0.15) is 0 Å². The molecule has 2 aliphatic rings. The number of ether oxygens (including phenoxy) is 3. The van der Waals surface area contributed by atoms with Gasteiger partial charge in [0.15, 0.2) is 11.5 Å². The molecule has 2 heterocycles. The molecule has 6 nitrogen and oxygen atoms in total. The van der Waals surface area contributed by atoms with E-state index >= 15 is 0 Å². The first kappa shape index (κ1) is 17.7. The zero-order valence-electron chi connectivity index (χ0n) is 15.4. The Morgan fingerprint density at radius 2 is 1.67 bits per heavy atom. The van der Waals surface area contributed by atoms with E-state index < -0.39 is 11.9 Å². The predicted octanol–water partition coefficient (Wildman–Crippen LogP) is 2.94. The average molecular weight is 369 g/mol. The lowest BCUT2D eigenvalue weighted by Crippen LogP contribution is -2.45. The number of methoxy groups -OCH3 is 1. The summed E-state index contributed by atoms with van der Waals surface area (Å²) >= 11 is 0. The fourth-order valence-electron chi connectivity index (χ4n) is 4.22. The van der Waals surface area contributed by atoms with Crippen LogP contribution in [-0.2, 0) is 4.79 Å². The van der Waals surface area contributed by atoms with Gasteiger partial charge in [0.1, 0.15) is 5.75 Å². The molecule has 1 saturated heterocycles. The lowest BCUT2D eigenvalue weighted by atomic mass is 9.72. The molecule has 0 spiro atoms. The summed E-state index contributed by atoms with van der Waals surface area (Å²) in [6, 6.07) is 13.5. The van der Waals surface area contributed by atoms with Gasteiger partial charge in [0.05, 0.1) is 13.0 Å². The van der Waals surface area contributed by atoms with Crippen LogP contribution in [0.15, 0.2) is 42.5 Å². The number of piperidine rings is 1. The van der Waals surface area contributed by atoms with Gasteiger partial charge in [-0.3, -0.25) is 4.79 Å². The fourth-order valence-corrected chi connectivity index (χ4v) is 4.22. The Balaban J connectivity index is 1.70. The van der Waals surface area contributed by atoms with Gasteiger partial charge >= 0.3 is 5.97 Å². The third-order valence-corrected chi connectivity index (χ3v) is 5.54. The Morgan fingerprint density at radius 3 is 2.33 bits per heavy atom. The quantitative estimate of drug-likeness (QED) is 0.894. The van der Waals surface area contributed by atoms with Gasteiger partial charge < -0.3 is 24.2 Å². The Labute approximate surface area is 158 Å². The first-order chi connectivity index (χ1) is 13.1. The van der Waals surface area contributed by atoms with Crippen molar-refractivity contribution < 1.29 is 24.1 Å². The molecule has 3 atom stereocenters. The van der Waals surface area contributed by atoms with E-state index in [0.717, 1.165) is 16.9 Å². The Kier molecular flexibility index (Phi) is 4.66. The van der Waals surface area contributed by atoms with Crippen LogP contribution in [0.4, 0.5) is 0 Å². The molecule has 6 heteroatoms. The predicted molar refractivity (Wildman–Crippen MR) is 99.7 cm³/mol.